The van der Waals surface area contributed by atoms with Gasteiger partial charge in [0.05, 0.1) is 11.5 Å². The number of hydrogen-bond donors (Lipinski definition) is 1. The molecule has 0 bridgehead atoms. The highest BCUT2D eigenvalue weighted by atomic mass is 16.5. The van der Waals surface area contributed by atoms with Gasteiger partial charge >= 0.3 is 0 Å². The fourth-order valence-corrected chi connectivity index (χ4v) is 4.87. The second-order valence-corrected chi connectivity index (χ2v) is 9.44. The predicted octanol–water partition coefficient (Wildman–Crippen LogP) is 4.53. The van der Waals surface area contributed by atoms with E-state index < -0.39 is 5.41 Å². The van der Waals surface area contributed by atoms with E-state index >= 15 is 0 Å². The number of carbonyl (C=O) groups excluding carboxylic acids is 2. The number of nitrogens with one attached hydrogen (secondary N) is 1. The Morgan fingerprint density at radius 2 is 1.75 bits per heavy atom. The molecule has 2 amide bonds. The first-order valence-electron chi connectivity index (χ1n) is 11.8. The maximum absolute atomic E-state index is 13.4. The molecule has 32 heavy (non-hydrogen) atoms. The van der Waals surface area contributed by atoms with E-state index in [9.17, 15) is 9.59 Å². The van der Waals surface area contributed by atoms with Gasteiger partial charge in [-0.2, -0.15) is 0 Å². The summed E-state index contributed by atoms with van der Waals surface area (Å²) in [5.41, 5.74) is 2.69. The monoisotopic (exact) mass is 434 g/mol. The maximum atomic E-state index is 13.4. The third-order valence-electron chi connectivity index (χ3n) is 6.98. The highest BCUT2D eigenvalue weighted by Gasteiger charge is 2.42. The van der Waals surface area contributed by atoms with Gasteiger partial charge < -0.3 is 15.0 Å². The second-order valence-electron chi connectivity index (χ2n) is 9.44. The summed E-state index contributed by atoms with van der Waals surface area (Å²) in [7, 11) is 0. The molecule has 4 rings (SSSR count). The summed E-state index contributed by atoms with van der Waals surface area (Å²) < 4.78 is 6.03. The molecular formula is C27H34N2O3. The number of nitrogens with zero attached hydrogens (tertiary/aromatic N) is 1. The lowest BCUT2D eigenvalue weighted by Gasteiger charge is -2.41. The average Bonchev–Trinajstić information content (AvgIpc) is 2.81. The topological polar surface area (TPSA) is 58.6 Å². The van der Waals surface area contributed by atoms with Gasteiger partial charge in [0, 0.05) is 18.7 Å². The number of benzene rings is 2. The third-order valence-corrected chi connectivity index (χ3v) is 6.98. The molecule has 2 aromatic rings. The van der Waals surface area contributed by atoms with Crippen molar-refractivity contribution in [3.63, 3.8) is 0 Å². The summed E-state index contributed by atoms with van der Waals surface area (Å²) in [4.78, 5) is 28.2. The molecule has 1 atom stereocenters. The zero-order valence-electron chi connectivity index (χ0n) is 19.2. The number of likely N-dealkylation sites (tertiary alicyclic amines) is 1. The molecule has 0 radical (unpaired) electrons. The highest BCUT2D eigenvalue weighted by Crippen LogP contribution is 2.38. The minimum absolute atomic E-state index is 0.0618. The van der Waals surface area contributed by atoms with Crippen molar-refractivity contribution < 1.29 is 14.3 Å². The zero-order valence-corrected chi connectivity index (χ0v) is 19.2. The zero-order chi connectivity index (χ0) is 22.6. The van der Waals surface area contributed by atoms with Crippen LogP contribution in [0.3, 0.4) is 0 Å². The van der Waals surface area contributed by atoms with Crippen LogP contribution in [0.2, 0.25) is 0 Å². The first-order chi connectivity index (χ1) is 15.5. The number of para-hydroxylation sites is 1. The summed E-state index contributed by atoms with van der Waals surface area (Å²) in [6.45, 7) is 5.71. The predicted molar refractivity (Wildman–Crippen MR) is 126 cm³/mol. The van der Waals surface area contributed by atoms with E-state index in [1.165, 1.54) is 5.56 Å². The fraction of sp³-hybridized carbons (Fsp3) is 0.481. The number of fused-ring (bicyclic) bond motifs is 1. The molecule has 5 nitrogen and oxygen atoms in total. The van der Waals surface area contributed by atoms with Gasteiger partial charge in [0.15, 0.2) is 0 Å². The Balaban J connectivity index is 1.44. The van der Waals surface area contributed by atoms with E-state index in [1.807, 2.05) is 55.1 Å². The van der Waals surface area contributed by atoms with Crippen LogP contribution in [0.5, 0.6) is 5.75 Å². The quantitative estimate of drug-likeness (QED) is 0.718. The van der Waals surface area contributed by atoms with Gasteiger partial charge in [-0.05, 0) is 69.7 Å². The fourth-order valence-electron chi connectivity index (χ4n) is 4.87. The van der Waals surface area contributed by atoms with Crippen molar-refractivity contribution in [3.05, 3.63) is 65.2 Å². The third kappa shape index (κ3) is 4.98. The van der Waals surface area contributed by atoms with Crippen molar-refractivity contribution in [2.45, 2.75) is 58.4 Å². The summed E-state index contributed by atoms with van der Waals surface area (Å²) in [5, 5.41) is 3.20. The molecule has 0 aromatic heterocycles. The second kappa shape index (κ2) is 9.76. The van der Waals surface area contributed by atoms with Crippen molar-refractivity contribution in [2.24, 2.45) is 5.41 Å². The molecule has 1 spiro atoms. The summed E-state index contributed by atoms with van der Waals surface area (Å²) in [6, 6.07) is 15.9. The van der Waals surface area contributed by atoms with Gasteiger partial charge in [-0.15, -0.1) is 0 Å². The number of ether oxygens (including phenoxy) is 1. The van der Waals surface area contributed by atoms with Crippen molar-refractivity contribution in [2.75, 3.05) is 19.7 Å². The van der Waals surface area contributed by atoms with Crippen LogP contribution >= 0.6 is 0 Å². The maximum Gasteiger partial charge on any atom is 0.253 e. The number of aryl methyl sites for hydroxylation is 2. The minimum Gasteiger partial charge on any atom is -0.491 e. The molecule has 0 saturated carbocycles. The van der Waals surface area contributed by atoms with E-state index in [0.717, 1.165) is 42.6 Å². The van der Waals surface area contributed by atoms with Gasteiger partial charge in [-0.3, -0.25) is 9.59 Å². The van der Waals surface area contributed by atoms with Crippen molar-refractivity contribution in [1.29, 1.82) is 0 Å². The first-order valence-corrected chi connectivity index (χ1v) is 11.8. The molecular weight excluding hydrogens is 400 g/mol. The number of amides is 2. The lowest BCUT2D eigenvalue weighted by molar-refractivity contribution is -0.135. The van der Waals surface area contributed by atoms with E-state index in [2.05, 4.69) is 17.4 Å². The van der Waals surface area contributed by atoms with Crippen LogP contribution in [0, 0.1) is 12.3 Å². The molecule has 2 aromatic carbocycles. The Morgan fingerprint density at radius 3 is 2.50 bits per heavy atom. The van der Waals surface area contributed by atoms with Crippen molar-refractivity contribution in [3.8, 4) is 5.75 Å². The van der Waals surface area contributed by atoms with E-state index in [1.54, 1.807) is 0 Å². The van der Waals surface area contributed by atoms with Crippen molar-refractivity contribution in [1.82, 2.24) is 10.2 Å². The average molecular weight is 435 g/mol. The van der Waals surface area contributed by atoms with Gasteiger partial charge in [-0.1, -0.05) is 42.3 Å². The minimum atomic E-state index is -0.406. The highest BCUT2D eigenvalue weighted by molar-refractivity contribution is 5.94. The lowest BCUT2D eigenvalue weighted by Crippen LogP contribution is -2.52. The van der Waals surface area contributed by atoms with Crippen LogP contribution < -0.4 is 10.1 Å². The van der Waals surface area contributed by atoms with Crippen LogP contribution in [0.15, 0.2) is 48.5 Å². The lowest BCUT2D eigenvalue weighted by atomic mass is 9.73. The molecule has 1 N–H and O–H groups in total. The normalized spacial score (nSPS) is 21.5. The molecule has 0 unspecified atom stereocenters. The largest absolute Gasteiger partial charge is 0.491 e. The Kier molecular flexibility index (Phi) is 6.83. The van der Waals surface area contributed by atoms with E-state index in [4.69, 9.17) is 4.74 Å². The molecule has 1 saturated heterocycles. The van der Waals surface area contributed by atoms with E-state index in [0.29, 0.717) is 32.5 Å². The molecule has 0 aliphatic carbocycles. The number of hydrogen-bond acceptors (Lipinski definition) is 3. The van der Waals surface area contributed by atoms with Crippen LogP contribution in [-0.4, -0.2) is 42.5 Å². The Bertz CT molecular complexity index is 946. The Labute approximate surface area is 191 Å². The summed E-state index contributed by atoms with van der Waals surface area (Å²) in [5.74, 6) is 1.10. The first kappa shape index (κ1) is 22.4. The van der Waals surface area contributed by atoms with Gasteiger partial charge in [0.1, 0.15) is 12.4 Å². The number of piperidine rings is 1. The Hall–Kier alpha value is -2.82. The smallest absolute Gasteiger partial charge is 0.253 e. The van der Waals surface area contributed by atoms with Crippen LogP contribution in [0.4, 0.5) is 0 Å². The van der Waals surface area contributed by atoms with Crippen LogP contribution in [0.25, 0.3) is 0 Å². The Morgan fingerprint density at radius 1 is 1.03 bits per heavy atom. The SMILES string of the molecule is Cc1ccc(C(=O)N2CCC3(CCCCc4ccccc4OC[C@@H](C)NC3=O)CC2)cc1. The van der Waals surface area contributed by atoms with Crippen LogP contribution in [-0.2, 0) is 11.2 Å². The van der Waals surface area contributed by atoms with Crippen LogP contribution in [0.1, 0.15) is 60.5 Å². The molecule has 5 heteroatoms. The standard InChI is InChI=1S/C27H34N2O3/c1-20-10-12-23(13-11-20)25(30)29-17-15-27(16-18-29)14-6-5-8-22-7-3-4-9-24(22)32-19-21(2)28-26(27)31/h3-4,7,9-13,21H,5-6,8,14-19H2,1-2H3,(H,28,31)/t21-/m1/s1. The molecule has 2 heterocycles. The summed E-state index contributed by atoms with van der Waals surface area (Å²) in [6.07, 6.45) is 5.25. The van der Waals surface area contributed by atoms with Gasteiger partial charge in [0.2, 0.25) is 5.91 Å². The molecule has 2 aliphatic rings. The van der Waals surface area contributed by atoms with Gasteiger partial charge in [0.25, 0.3) is 5.91 Å². The molecule has 170 valence electrons. The van der Waals surface area contributed by atoms with E-state index in [-0.39, 0.29) is 17.9 Å². The molecule has 2 aliphatic heterocycles. The number of rotatable bonds is 1. The van der Waals surface area contributed by atoms with Crippen molar-refractivity contribution >= 4 is 11.8 Å². The summed E-state index contributed by atoms with van der Waals surface area (Å²) >= 11 is 0. The van der Waals surface area contributed by atoms with Gasteiger partial charge in [-0.25, -0.2) is 0 Å². The molecule has 1 fully saturated rings. The number of carbonyl (C=O) groups is 2.